The lowest BCUT2D eigenvalue weighted by Crippen LogP contribution is -2.35. The summed E-state index contributed by atoms with van der Waals surface area (Å²) in [5.74, 6) is -0.0620. The quantitative estimate of drug-likeness (QED) is 0.590. The van der Waals surface area contributed by atoms with Crippen molar-refractivity contribution in [1.82, 2.24) is 9.88 Å². The van der Waals surface area contributed by atoms with Gasteiger partial charge in [-0.3, -0.25) is 9.59 Å². The van der Waals surface area contributed by atoms with Crippen molar-refractivity contribution in [2.45, 2.75) is 19.8 Å². The monoisotopic (exact) mass is 390 g/mol. The van der Waals surface area contributed by atoms with Gasteiger partial charge in [-0.05, 0) is 43.4 Å². The predicted octanol–water partition coefficient (Wildman–Crippen LogP) is 4.05. The van der Waals surface area contributed by atoms with Crippen LogP contribution in [-0.2, 0) is 16.0 Å². The summed E-state index contributed by atoms with van der Waals surface area (Å²) in [6.07, 6.45) is 1.57. The Morgan fingerprint density at radius 2 is 1.86 bits per heavy atom. The fourth-order valence-electron chi connectivity index (χ4n) is 3.81. The van der Waals surface area contributed by atoms with Crippen LogP contribution in [0.1, 0.15) is 29.4 Å². The van der Waals surface area contributed by atoms with Gasteiger partial charge in [-0.2, -0.15) is 0 Å². The van der Waals surface area contributed by atoms with Gasteiger partial charge in [-0.1, -0.05) is 48.5 Å². The Hall–Kier alpha value is -3.08. The van der Waals surface area contributed by atoms with E-state index in [1.165, 1.54) is 5.56 Å². The molecular weight excluding hydrogens is 364 g/mol. The van der Waals surface area contributed by atoms with Crippen molar-refractivity contribution in [1.29, 1.82) is 0 Å². The van der Waals surface area contributed by atoms with E-state index in [0.29, 0.717) is 25.4 Å². The maximum Gasteiger partial charge on any atom is 0.309 e. The van der Waals surface area contributed by atoms with Crippen molar-refractivity contribution in [2.24, 2.45) is 11.8 Å². The van der Waals surface area contributed by atoms with Crippen LogP contribution in [0.4, 0.5) is 0 Å². The lowest BCUT2D eigenvalue weighted by atomic mass is 10.1. The van der Waals surface area contributed by atoms with Crippen LogP contribution in [0.2, 0.25) is 0 Å². The zero-order valence-electron chi connectivity index (χ0n) is 16.6. The second kappa shape index (κ2) is 8.52. The maximum atomic E-state index is 13.3. The number of nitrogens with zero attached hydrogens (tertiary/aromatic N) is 1. The zero-order chi connectivity index (χ0) is 20.2. The average Bonchev–Trinajstić information content (AvgIpc) is 3.38. The molecule has 150 valence electrons. The van der Waals surface area contributed by atoms with Gasteiger partial charge in [-0.15, -0.1) is 0 Å². The molecule has 0 aliphatic heterocycles. The first-order chi connectivity index (χ1) is 14.2. The number of esters is 1. The number of benzene rings is 2. The van der Waals surface area contributed by atoms with Gasteiger partial charge in [0.2, 0.25) is 0 Å². The van der Waals surface area contributed by atoms with Gasteiger partial charge in [0.25, 0.3) is 5.91 Å². The molecule has 1 fully saturated rings. The molecule has 0 bridgehead atoms. The van der Waals surface area contributed by atoms with E-state index >= 15 is 0 Å². The first-order valence-electron chi connectivity index (χ1n) is 10.2. The van der Waals surface area contributed by atoms with Crippen LogP contribution >= 0.6 is 0 Å². The van der Waals surface area contributed by atoms with Gasteiger partial charge in [-0.25, -0.2) is 0 Å². The number of nitrogens with one attached hydrogen (secondary N) is 1. The van der Waals surface area contributed by atoms with E-state index < -0.39 is 0 Å². The number of para-hydroxylation sites is 1. The number of hydrogen-bond acceptors (Lipinski definition) is 3. The molecule has 0 spiro atoms. The largest absolute Gasteiger partial charge is 0.466 e. The number of hydrogen-bond donors (Lipinski definition) is 1. The SMILES string of the molecule is CCOC(=O)[C@H]1C[C@H]1CN(CCc1ccccc1)C(=O)c1cc2ccccc2[nH]1. The van der Waals surface area contributed by atoms with E-state index in [2.05, 4.69) is 17.1 Å². The zero-order valence-corrected chi connectivity index (χ0v) is 16.6. The first kappa shape index (κ1) is 19.2. The van der Waals surface area contributed by atoms with E-state index in [0.717, 1.165) is 23.7 Å². The summed E-state index contributed by atoms with van der Waals surface area (Å²) in [6, 6.07) is 19.9. The van der Waals surface area contributed by atoms with E-state index in [1.807, 2.05) is 60.4 Å². The number of aromatic amines is 1. The maximum absolute atomic E-state index is 13.3. The lowest BCUT2D eigenvalue weighted by Gasteiger charge is -2.22. The van der Waals surface area contributed by atoms with Gasteiger partial charge < -0.3 is 14.6 Å². The fraction of sp³-hybridized carbons (Fsp3) is 0.333. The summed E-state index contributed by atoms with van der Waals surface area (Å²) >= 11 is 0. The molecule has 1 aliphatic carbocycles. The highest BCUT2D eigenvalue weighted by Crippen LogP contribution is 2.40. The van der Waals surface area contributed by atoms with Crippen LogP contribution < -0.4 is 0 Å². The Kier molecular flexibility index (Phi) is 5.65. The second-order valence-electron chi connectivity index (χ2n) is 7.61. The number of carbonyl (C=O) groups is 2. The summed E-state index contributed by atoms with van der Waals surface area (Å²) in [7, 11) is 0. The summed E-state index contributed by atoms with van der Waals surface area (Å²) < 4.78 is 5.14. The van der Waals surface area contributed by atoms with Crippen molar-refractivity contribution in [3.8, 4) is 0 Å². The summed E-state index contributed by atoms with van der Waals surface area (Å²) in [5.41, 5.74) is 2.74. The minimum absolute atomic E-state index is 0.0216. The number of fused-ring (bicyclic) bond motifs is 1. The normalized spacial score (nSPS) is 17.8. The van der Waals surface area contributed by atoms with Crippen molar-refractivity contribution < 1.29 is 14.3 Å². The van der Waals surface area contributed by atoms with Gasteiger partial charge in [0, 0.05) is 24.0 Å². The topological polar surface area (TPSA) is 62.4 Å². The van der Waals surface area contributed by atoms with Crippen molar-refractivity contribution in [3.63, 3.8) is 0 Å². The highest BCUT2D eigenvalue weighted by atomic mass is 16.5. The van der Waals surface area contributed by atoms with Crippen molar-refractivity contribution in [3.05, 3.63) is 71.9 Å². The summed E-state index contributed by atoms with van der Waals surface area (Å²) in [6.45, 7) is 3.41. The average molecular weight is 390 g/mol. The number of aromatic nitrogens is 1. The third-order valence-corrected chi connectivity index (χ3v) is 5.53. The Balaban J connectivity index is 1.49. The van der Waals surface area contributed by atoms with Crippen molar-refractivity contribution in [2.75, 3.05) is 19.7 Å². The Morgan fingerprint density at radius 1 is 1.10 bits per heavy atom. The van der Waals surface area contributed by atoms with E-state index in [1.54, 1.807) is 0 Å². The Bertz CT molecular complexity index is 963. The smallest absolute Gasteiger partial charge is 0.309 e. The standard InChI is InChI=1S/C24H26N2O3/c1-2-29-24(28)20-14-19(20)16-26(13-12-17-8-4-3-5-9-17)23(27)22-15-18-10-6-7-11-21(18)25-22/h3-11,15,19-20,25H,2,12-14,16H2,1H3/t19-,20-/m0/s1. The van der Waals surface area contributed by atoms with E-state index in [4.69, 9.17) is 4.74 Å². The Morgan fingerprint density at radius 3 is 2.62 bits per heavy atom. The molecule has 2 aromatic carbocycles. The second-order valence-corrected chi connectivity index (χ2v) is 7.61. The molecule has 1 heterocycles. The van der Waals surface area contributed by atoms with Gasteiger partial charge >= 0.3 is 5.97 Å². The van der Waals surface area contributed by atoms with Crippen LogP contribution in [0.3, 0.4) is 0 Å². The van der Waals surface area contributed by atoms with Crippen molar-refractivity contribution >= 4 is 22.8 Å². The molecular formula is C24H26N2O3. The van der Waals surface area contributed by atoms with Crippen LogP contribution in [0.5, 0.6) is 0 Å². The molecule has 1 aromatic heterocycles. The molecule has 29 heavy (non-hydrogen) atoms. The molecule has 2 atom stereocenters. The fourth-order valence-corrected chi connectivity index (χ4v) is 3.81. The first-order valence-corrected chi connectivity index (χ1v) is 10.2. The molecule has 1 aliphatic rings. The van der Waals surface area contributed by atoms with Gasteiger partial charge in [0.05, 0.1) is 12.5 Å². The Labute approximate surface area is 170 Å². The number of rotatable bonds is 8. The van der Waals surface area contributed by atoms with E-state index in [9.17, 15) is 9.59 Å². The number of ether oxygens (including phenoxy) is 1. The molecule has 4 rings (SSSR count). The van der Waals surface area contributed by atoms with Crippen LogP contribution in [0.15, 0.2) is 60.7 Å². The third kappa shape index (κ3) is 4.50. The summed E-state index contributed by atoms with van der Waals surface area (Å²) in [4.78, 5) is 30.4. The van der Waals surface area contributed by atoms with Gasteiger partial charge in [0.1, 0.15) is 5.69 Å². The molecule has 5 nitrogen and oxygen atoms in total. The number of amides is 1. The molecule has 0 saturated heterocycles. The highest BCUT2D eigenvalue weighted by Gasteiger charge is 2.45. The highest BCUT2D eigenvalue weighted by molar-refractivity contribution is 5.98. The minimum Gasteiger partial charge on any atom is -0.466 e. The molecule has 5 heteroatoms. The summed E-state index contributed by atoms with van der Waals surface area (Å²) in [5, 5.41) is 1.02. The molecule has 0 radical (unpaired) electrons. The predicted molar refractivity (Wildman–Crippen MR) is 113 cm³/mol. The molecule has 3 aromatic rings. The minimum atomic E-state index is -0.140. The van der Waals surface area contributed by atoms with E-state index in [-0.39, 0.29) is 23.7 Å². The van der Waals surface area contributed by atoms with Gasteiger partial charge in [0.15, 0.2) is 0 Å². The lowest BCUT2D eigenvalue weighted by molar-refractivity contribution is -0.145. The van der Waals surface area contributed by atoms with Crippen LogP contribution in [0, 0.1) is 11.8 Å². The molecule has 1 amide bonds. The number of carbonyl (C=O) groups excluding carboxylic acids is 2. The third-order valence-electron chi connectivity index (χ3n) is 5.53. The van der Waals surface area contributed by atoms with Crippen LogP contribution in [-0.4, -0.2) is 41.5 Å². The number of H-pyrrole nitrogens is 1. The van der Waals surface area contributed by atoms with Crippen LogP contribution in [0.25, 0.3) is 10.9 Å². The molecule has 1 N–H and O–H groups in total. The molecule has 1 saturated carbocycles. The molecule has 0 unspecified atom stereocenters.